The number of rotatable bonds is 4. The molecule has 0 aromatic carbocycles. The molecular formula is C10H21N3O3S. The second-order valence-electron chi connectivity index (χ2n) is 4.10. The number of morpholine rings is 1. The second-order valence-corrected chi connectivity index (χ2v) is 6.58. The molecule has 1 aliphatic heterocycles. The van der Waals surface area contributed by atoms with E-state index in [2.05, 4.69) is 4.99 Å². The van der Waals surface area contributed by atoms with Gasteiger partial charge in [-0.15, -0.1) is 0 Å². The first-order valence-electron chi connectivity index (χ1n) is 5.81. The van der Waals surface area contributed by atoms with E-state index < -0.39 is 9.84 Å². The van der Waals surface area contributed by atoms with Gasteiger partial charge in [-0.2, -0.15) is 0 Å². The zero-order valence-electron chi connectivity index (χ0n) is 10.4. The fourth-order valence-corrected chi connectivity index (χ4v) is 2.23. The van der Waals surface area contributed by atoms with Gasteiger partial charge in [0.1, 0.15) is 0 Å². The molecule has 0 aliphatic carbocycles. The quantitative estimate of drug-likeness (QED) is 0.544. The normalized spacial score (nSPS) is 22.8. The van der Waals surface area contributed by atoms with Crippen LogP contribution in [0.2, 0.25) is 0 Å². The number of hydrogen-bond acceptors (Lipinski definition) is 4. The molecule has 0 aromatic heterocycles. The number of guanidine groups is 1. The Hall–Kier alpha value is -0.820. The SMILES string of the molecule is CCS(=O)(=O)CCN=C(N)N1CCOC(C)C1. The van der Waals surface area contributed by atoms with E-state index in [4.69, 9.17) is 10.5 Å². The molecule has 1 saturated heterocycles. The molecule has 1 fully saturated rings. The van der Waals surface area contributed by atoms with Crippen LogP contribution in [-0.4, -0.2) is 63.1 Å². The van der Waals surface area contributed by atoms with Crippen molar-refractivity contribution in [2.24, 2.45) is 10.7 Å². The molecule has 7 heteroatoms. The van der Waals surface area contributed by atoms with Crippen LogP contribution >= 0.6 is 0 Å². The molecule has 0 amide bonds. The Balaban J connectivity index is 2.43. The van der Waals surface area contributed by atoms with Crippen molar-refractivity contribution in [2.45, 2.75) is 20.0 Å². The summed E-state index contributed by atoms with van der Waals surface area (Å²) >= 11 is 0. The number of hydrogen-bond donors (Lipinski definition) is 1. The Morgan fingerprint density at radius 3 is 2.88 bits per heavy atom. The summed E-state index contributed by atoms with van der Waals surface area (Å²) in [5, 5.41) is 0. The highest BCUT2D eigenvalue weighted by Crippen LogP contribution is 2.03. The van der Waals surface area contributed by atoms with Crippen LogP contribution in [0.25, 0.3) is 0 Å². The summed E-state index contributed by atoms with van der Waals surface area (Å²) < 4.78 is 27.9. The maximum Gasteiger partial charge on any atom is 0.191 e. The summed E-state index contributed by atoms with van der Waals surface area (Å²) in [7, 11) is -2.96. The van der Waals surface area contributed by atoms with Crippen molar-refractivity contribution in [3.63, 3.8) is 0 Å². The summed E-state index contributed by atoms with van der Waals surface area (Å²) in [5.74, 6) is 0.618. The summed E-state index contributed by atoms with van der Waals surface area (Å²) in [6.45, 7) is 5.88. The fraction of sp³-hybridized carbons (Fsp3) is 0.900. The van der Waals surface area contributed by atoms with Gasteiger partial charge in [0, 0.05) is 18.8 Å². The van der Waals surface area contributed by atoms with Crippen LogP contribution in [0.1, 0.15) is 13.8 Å². The molecule has 0 spiro atoms. The molecule has 1 aliphatic rings. The number of sulfone groups is 1. The van der Waals surface area contributed by atoms with Crippen LogP contribution in [0.15, 0.2) is 4.99 Å². The van der Waals surface area contributed by atoms with Crippen molar-refractivity contribution in [1.82, 2.24) is 4.90 Å². The number of ether oxygens (including phenoxy) is 1. The Morgan fingerprint density at radius 2 is 2.29 bits per heavy atom. The Kier molecular flexibility index (Phi) is 5.20. The smallest absolute Gasteiger partial charge is 0.191 e. The topological polar surface area (TPSA) is 85.0 Å². The molecule has 100 valence electrons. The lowest BCUT2D eigenvalue weighted by Crippen LogP contribution is -2.48. The lowest BCUT2D eigenvalue weighted by atomic mass is 10.3. The van der Waals surface area contributed by atoms with Crippen molar-refractivity contribution in [1.29, 1.82) is 0 Å². The van der Waals surface area contributed by atoms with Crippen molar-refractivity contribution >= 4 is 15.8 Å². The largest absolute Gasteiger partial charge is 0.375 e. The first kappa shape index (κ1) is 14.2. The molecule has 2 N–H and O–H groups in total. The van der Waals surface area contributed by atoms with Crippen LogP contribution in [-0.2, 0) is 14.6 Å². The second kappa shape index (κ2) is 6.20. The van der Waals surface area contributed by atoms with Gasteiger partial charge in [-0.05, 0) is 6.92 Å². The molecule has 1 heterocycles. The van der Waals surface area contributed by atoms with Gasteiger partial charge in [0.2, 0.25) is 0 Å². The number of nitrogens with two attached hydrogens (primary N) is 1. The lowest BCUT2D eigenvalue weighted by molar-refractivity contribution is 0.00531. The molecule has 0 radical (unpaired) electrons. The van der Waals surface area contributed by atoms with E-state index in [9.17, 15) is 8.42 Å². The zero-order chi connectivity index (χ0) is 12.9. The zero-order valence-corrected chi connectivity index (χ0v) is 11.2. The summed E-state index contributed by atoms with van der Waals surface area (Å²) in [5.41, 5.74) is 5.81. The van der Waals surface area contributed by atoms with Crippen LogP contribution in [0, 0.1) is 0 Å². The molecule has 0 saturated carbocycles. The highest BCUT2D eigenvalue weighted by atomic mass is 32.2. The molecule has 1 unspecified atom stereocenters. The van der Waals surface area contributed by atoms with Gasteiger partial charge in [0.25, 0.3) is 0 Å². The Morgan fingerprint density at radius 1 is 1.59 bits per heavy atom. The predicted octanol–water partition coefficient (Wildman–Crippen LogP) is -0.543. The standard InChI is InChI=1S/C10H21N3O3S/c1-3-17(14,15)7-4-12-10(11)13-5-6-16-9(2)8-13/h9H,3-8H2,1-2H3,(H2,11,12). The van der Waals surface area contributed by atoms with Crippen LogP contribution in [0.4, 0.5) is 0 Å². The van der Waals surface area contributed by atoms with Crippen molar-refractivity contribution in [2.75, 3.05) is 37.7 Å². The van der Waals surface area contributed by atoms with Gasteiger partial charge in [-0.1, -0.05) is 6.92 Å². The van der Waals surface area contributed by atoms with Crippen molar-refractivity contribution in [3.05, 3.63) is 0 Å². The maximum absolute atomic E-state index is 11.3. The van der Waals surface area contributed by atoms with Gasteiger partial charge >= 0.3 is 0 Å². The van der Waals surface area contributed by atoms with E-state index in [1.807, 2.05) is 11.8 Å². The van der Waals surface area contributed by atoms with Gasteiger partial charge in [0.05, 0.1) is 25.0 Å². The monoisotopic (exact) mass is 263 g/mol. The molecular weight excluding hydrogens is 242 g/mol. The minimum atomic E-state index is -2.96. The fourth-order valence-electron chi connectivity index (χ4n) is 1.57. The third-order valence-corrected chi connectivity index (χ3v) is 4.37. The van der Waals surface area contributed by atoms with Crippen LogP contribution < -0.4 is 5.73 Å². The van der Waals surface area contributed by atoms with Gasteiger partial charge < -0.3 is 15.4 Å². The molecule has 1 rings (SSSR count). The minimum absolute atomic E-state index is 0.0596. The molecule has 6 nitrogen and oxygen atoms in total. The summed E-state index contributed by atoms with van der Waals surface area (Å²) in [6.07, 6.45) is 0.136. The molecule has 1 atom stereocenters. The van der Waals surface area contributed by atoms with E-state index in [1.165, 1.54) is 0 Å². The van der Waals surface area contributed by atoms with Gasteiger partial charge in [-0.3, -0.25) is 4.99 Å². The minimum Gasteiger partial charge on any atom is -0.375 e. The third kappa shape index (κ3) is 4.91. The lowest BCUT2D eigenvalue weighted by Gasteiger charge is -2.31. The van der Waals surface area contributed by atoms with E-state index in [0.29, 0.717) is 25.7 Å². The highest BCUT2D eigenvalue weighted by molar-refractivity contribution is 7.91. The van der Waals surface area contributed by atoms with E-state index >= 15 is 0 Å². The van der Waals surface area contributed by atoms with Gasteiger partial charge in [-0.25, -0.2) is 8.42 Å². The highest BCUT2D eigenvalue weighted by Gasteiger charge is 2.18. The maximum atomic E-state index is 11.3. The molecule has 17 heavy (non-hydrogen) atoms. The molecule has 0 bridgehead atoms. The first-order valence-corrected chi connectivity index (χ1v) is 7.63. The summed E-state index contributed by atoms with van der Waals surface area (Å²) in [6, 6.07) is 0. The molecule has 0 aromatic rings. The summed E-state index contributed by atoms with van der Waals surface area (Å²) in [4.78, 5) is 6.02. The number of aliphatic imine (C=N–C) groups is 1. The Bertz CT molecular complexity index is 367. The average Bonchev–Trinajstić information content (AvgIpc) is 2.28. The van der Waals surface area contributed by atoms with Gasteiger partial charge in [0.15, 0.2) is 15.8 Å². The van der Waals surface area contributed by atoms with Crippen LogP contribution in [0.5, 0.6) is 0 Å². The predicted molar refractivity (Wildman–Crippen MR) is 67.8 cm³/mol. The Labute approximate surface area is 103 Å². The van der Waals surface area contributed by atoms with E-state index in [-0.39, 0.29) is 24.2 Å². The third-order valence-electron chi connectivity index (χ3n) is 2.68. The van der Waals surface area contributed by atoms with Crippen molar-refractivity contribution in [3.8, 4) is 0 Å². The van der Waals surface area contributed by atoms with Crippen LogP contribution in [0.3, 0.4) is 0 Å². The average molecular weight is 263 g/mol. The number of nitrogens with zero attached hydrogens (tertiary/aromatic N) is 2. The van der Waals surface area contributed by atoms with E-state index in [0.717, 1.165) is 0 Å². The van der Waals surface area contributed by atoms with E-state index in [1.54, 1.807) is 6.92 Å². The first-order chi connectivity index (χ1) is 7.94. The van der Waals surface area contributed by atoms with Crippen molar-refractivity contribution < 1.29 is 13.2 Å².